The van der Waals surface area contributed by atoms with E-state index in [1.807, 2.05) is 6.07 Å². The molecule has 5 heteroatoms. The molecule has 0 radical (unpaired) electrons. The molecule has 96 valence electrons. The summed E-state index contributed by atoms with van der Waals surface area (Å²) in [5, 5.41) is 11.7. The van der Waals surface area contributed by atoms with Crippen LogP contribution in [0.5, 0.6) is 0 Å². The van der Waals surface area contributed by atoms with Gasteiger partial charge in [0.2, 0.25) is 0 Å². The van der Waals surface area contributed by atoms with Crippen molar-refractivity contribution in [3.05, 3.63) is 60.0 Å². The molecule has 1 amide bonds. The van der Waals surface area contributed by atoms with Crippen molar-refractivity contribution < 1.29 is 9.21 Å². The van der Waals surface area contributed by atoms with E-state index in [2.05, 4.69) is 10.3 Å². The molecule has 0 saturated carbocycles. The van der Waals surface area contributed by atoms with Crippen LogP contribution in [-0.4, -0.2) is 10.9 Å². The average molecular weight is 263 g/mol. The quantitative estimate of drug-likeness (QED) is 0.770. The van der Waals surface area contributed by atoms with E-state index < -0.39 is 0 Å². The van der Waals surface area contributed by atoms with Crippen molar-refractivity contribution in [2.24, 2.45) is 0 Å². The van der Waals surface area contributed by atoms with Gasteiger partial charge >= 0.3 is 0 Å². The van der Waals surface area contributed by atoms with Crippen LogP contribution < -0.4 is 5.32 Å². The van der Waals surface area contributed by atoms with Crippen LogP contribution in [0, 0.1) is 11.3 Å². The fraction of sp³-hybridized carbons (Fsp3) is 0. The minimum absolute atomic E-state index is 0.300. The van der Waals surface area contributed by atoms with E-state index in [1.54, 1.807) is 42.5 Å². The van der Waals surface area contributed by atoms with E-state index in [9.17, 15) is 4.79 Å². The second kappa shape index (κ2) is 4.86. The SMILES string of the molecule is N#Cc1ccccc1NC(=O)c1ccc2ncoc2c1. The number of oxazole rings is 1. The van der Waals surface area contributed by atoms with Crippen molar-refractivity contribution >= 4 is 22.7 Å². The number of carbonyl (C=O) groups is 1. The van der Waals surface area contributed by atoms with Crippen molar-refractivity contribution in [3.8, 4) is 6.07 Å². The number of hydrogen-bond acceptors (Lipinski definition) is 4. The van der Waals surface area contributed by atoms with Crippen molar-refractivity contribution in [2.45, 2.75) is 0 Å². The van der Waals surface area contributed by atoms with E-state index in [1.165, 1.54) is 6.39 Å². The predicted molar refractivity (Wildman–Crippen MR) is 73.1 cm³/mol. The highest BCUT2D eigenvalue weighted by atomic mass is 16.3. The lowest BCUT2D eigenvalue weighted by molar-refractivity contribution is 0.102. The maximum Gasteiger partial charge on any atom is 0.255 e. The van der Waals surface area contributed by atoms with Crippen LogP contribution in [0.2, 0.25) is 0 Å². The number of fused-ring (bicyclic) bond motifs is 1. The van der Waals surface area contributed by atoms with Crippen molar-refractivity contribution in [3.63, 3.8) is 0 Å². The fourth-order valence-corrected chi connectivity index (χ4v) is 1.88. The van der Waals surface area contributed by atoms with E-state index >= 15 is 0 Å². The molecular formula is C15H9N3O2. The van der Waals surface area contributed by atoms with Gasteiger partial charge in [-0.2, -0.15) is 5.26 Å². The molecule has 0 saturated heterocycles. The summed E-state index contributed by atoms with van der Waals surface area (Å²) in [7, 11) is 0. The Morgan fingerprint density at radius 1 is 1.25 bits per heavy atom. The lowest BCUT2D eigenvalue weighted by Crippen LogP contribution is -2.12. The third-order valence-electron chi connectivity index (χ3n) is 2.89. The molecule has 0 fully saturated rings. The Hall–Kier alpha value is -3.13. The summed E-state index contributed by atoms with van der Waals surface area (Å²) in [6, 6.07) is 13.9. The largest absolute Gasteiger partial charge is 0.443 e. The summed E-state index contributed by atoms with van der Waals surface area (Å²) in [5.74, 6) is -0.300. The first-order chi connectivity index (χ1) is 9.78. The zero-order chi connectivity index (χ0) is 13.9. The number of nitrogens with one attached hydrogen (secondary N) is 1. The normalized spacial score (nSPS) is 10.2. The number of hydrogen-bond donors (Lipinski definition) is 1. The van der Waals surface area contributed by atoms with Gasteiger partial charge < -0.3 is 9.73 Å². The van der Waals surface area contributed by atoms with Gasteiger partial charge in [0.05, 0.1) is 11.3 Å². The van der Waals surface area contributed by atoms with Gasteiger partial charge in [-0.15, -0.1) is 0 Å². The van der Waals surface area contributed by atoms with E-state index in [-0.39, 0.29) is 5.91 Å². The third-order valence-corrected chi connectivity index (χ3v) is 2.89. The van der Waals surface area contributed by atoms with Crippen LogP contribution in [-0.2, 0) is 0 Å². The summed E-state index contributed by atoms with van der Waals surface area (Å²) in [6.45, 7) is 0. The number of nitriles is 1. The molecule has 0 unspecified atom stereocenters. The Morgan fingerprint density at radius 2 is 2.10 bits per heavy atom. The maximum absolute atomic E-state index is 12.2. The Balaban J connectivity index is 1.91. The zero-order valence-electron chi connectivity index (χ0n) is 10.3. The van der Waals surface area contributed by atoms with Gasteiger partial charge in [0.1, 0.15) is 11.6 Å². The molecule has 0 spiro atoms. The number of rotatable bonds is 2. The first kappa shape index (κ1) is 11.9. The first-order valence-corrected chi connectivity index (χ1v) is 5.91. The lowest BCUT2D eigenvalue weighted by Gasteiger charge is -2.06. The molecule has 0 aliphatic carbocycles. The summed E-state index contributed by atoms with van der Waals surface area (Å²) in [4.78, 5) is 16.2. The van der Waals surface area contributed by atoms with Gasteiger partial charge in [0, 0.05) is 5.56 Å². The third kappa shape index (κ3) is 2.10. The van der Waals surface area contributed by atoms with Gasteiger partial charge in [0.25, 0.3) is 5.91 Å². The summed E-state index contributed by atoms with van der Waals surface area (Å²) in [6.07, 6.45) is 1.33. The van der Waals surface area contributed by atoms with Crippen molar-refractivity contribution in [2.75, 3.05) is 5.32 Å². The molecule has 1 aromatic heterocycles. The summed E-state index contributed by atoms with van der Waals surface area (Å²) < 4.78 is 5.16. The van der Waals surface area contributed by atoms with E-state index in [0.29, 0.717) is 27.9 Å². The Morgan fingerprint density at radius 3 is 2.95 bits per heavy atom. The van der Waals surface area contributed by atoms with Crippen LogP contribution in [0.1, 0.15) is 15.9 Å². The number of benzene rings is 2. The number of aromatic nitrogens is 1. The lowest BCUT2D eigenvalue weighted by atomic mass is 10.1. The standard InChI is InChI=1S/C15H9N3O2/c16-8-11-3-1-2-4-12(11)18-15(19)10-5-6-13-14(7-10)20-9-17-13/h1-7,9H,(H,18,19). The summed E-state index contributed by atoms with van der Waals surface area (Å²) >= 11 is 0. The molecule has 1 heterocycles. The molecule has 0 bridgehead atoms. The Labute approximate surface area is 114 Å². The van der Waals surface area contributed by atoms with Gasteiger partial charge in [-0.1, -0.05) is 12.1 Å². The smallest absolute Gasteiger partial charge is 0.255 e. The van der Waals surface area contributed by atoms with E-state index in [4.69, 9.17) is 9.68 Å². The van der Waals surface area contributed by atoms with Gasteiger partial charge in [0.15, 0.2) is 12.0 Å². The Bertz CT molecular complexity index is 830. The van der Waals surface area contributed by atoms with Crippen LogP contribution in [0.25, 0.3) is 11.1 Å². The number of amides is 1. The highest BCUT2D eigenvalue weighted by Gasteiger charge is 2.10. The predicted octanol–water partition coefficient (Wildman–Crippen LogP) is 2.95. The molecule has 20 heavy (non-hydrogen) atoms. The molecule has 0 atom stereocenters. The second-order valence-corrected chi connectivity index (χ2v) is 4.15. The molecule has 1 N–H and O–H groups in total. The first-order valence-electron chi connectivity index (χ1n) is 5.91. The monoisotopic (exact) mass is 263 g/mol. The van der Waals surface area contributed by atoms with Gasteiger partial charge in [-0.25, -0.2) is 4.98 Å². The van der Waals surface area contributed by atoms with Crippen LogP contribution >= 0.6 is 0 Å². The van der Waals surface area contributed by atoms with Crippen molar-refractivity contribution in [1.82, 2.24) is 4.98 Å². The highest BCUT2D eigenvalue weighted by molar-refractivity contribution is 6.06. The average Bonchev–Trinajstić information content (AvgIpc) is 2.95. The van der Waals surface area contributed by atoms with Crippen LogP contribution in [0.15, 0.2) is 53.3 Å². The van der Waals surface area contributed by atoms with Crippen LogP contribution in [0.4, 0.5) is 5.69 Å². The number of anilines is 1. The molecule has 0 aliphatic heterocycles. The maximum atomic E-state index is 12.2. The molecule has 0 aliphatic rings. The molecule has 3 rings (SSSR count). The molecular weight excluding hydrogens is 254 g/mol. The second-order valence-electron chi connectivity index (χ2n) is 4.15. The number of para-hydroxylation sites is 1. The topological polar surface area (TPSA) is 78.9 Å². The van der Waals surface area contributed by atoms with Crippen LogP contribution in [0.3, 0.4) is 0 Å². The Kier molecular flexibility index (Phi) is 2.90. The van der Waals surface area contributed by atoms with Crippen molar-refractivity contribution in [1.29, 1.82) is 5.26 Å². The number of nitrogens with zero attached hydrogens (tertiary/aromatic N) is 2. The molecule has 3 aromatic rings. The molecule has 2 aromatic carbocycles. The van der Waals surface area contributed by atoms with E-state index in [0.717, 1.165) is 0 Å². The fourth-order valence-electron chi connectivity index (χ4n) is 1.88. The minimum Gasteiger partial charge on any atom is -0.443 e. The van der Waals surface area contributed by atoms with Gasteiger partial charge in [-0.3, -0.25) is 4.79 Å². The number of carbonyl (C=O) groups excluding carboxylic acids is 1. The summed E-state index contributed by atoms with van der Waals surface area (Å²) in [5.41, 5.74) is 2.59. The molecule has 5 nitrogen and oxygen atoms in total. The zero-order valence-corrected chi connectivity index (χ0v) is 10.3. The minimum atomic E-state index is -0.300. The highest BCUT2D eigenvalue weighted by Crippen LogP contribution is 2.18. The van der Waals surface area contributed by atoms with Gasteiger partial charge in [-0.05, 0) is 30.3 Å².